The molecule has 1 saturated carbocycles. The smallest absolute Gasteiger partial charge is 0.254 e. The van der Waals surface area contributed by atoms with Crippen LogP contribution in [0.15, 0.2) is 66.9 Å². The molecule has 0 radical (unpaired) electrons. The highest BCUT2D eigenvalue weighted by Gasteiger charge is 2.29. The summed E-state index contributed by atoms with van der Waals surface area (Å²) in [6.07, 6.45) is 7.94. The average molecular weight is 733 g/mol. The number of aromatic nitrogens is 2. The number of ether oxygens (including phenoxy) is 2. The van der Waals surface area contributed by atoms with Crippen LogP contribution in [0.5, 0.6) is 11.8 Å². The van der Waals surface area contributed by atoms with Gasteiger partial charge >= 0.3 is 0 Å². The van der Waals surface area contributed by atoms with E-state index in [1.807, 2.05) is 33.8 Å². The fraction of sp³-hybridized carbons (Fsp3) is 0.415. The summed E-state index contributed by atoms with van der Waals surface area (Å²) in [5.74, 6) is -0.243. The van der Waals surface area contributed by atoms with Gasteiger partial charge in [-0.1, -0.05) is 62.9 Å². The first kappa shape index (κ1) is 38.7. The lowest BCUT2D eigenvalue weighted by Crippen LogP contribution is -2.44. The van der Waals surface area contributed by atoms with Crippen LogP contribution in [0.2, 0.25) is 5.15 Å². The monoisotopic (exact) mass is 732 g/mol. The van der Waals surface area contributed by atoms with Gasteiger partial charge in [0.2, 0.25) is 11.8 Å². The molecule has 2 atom stereocenters. The Hall–Kier alpha value is -4.57. The average Bonchev–Trinajstić information content (AvgIpc) is 3.10. The van der Waals surface area contributed by atoms with Crippen LogP contribution in [0.25, 0.3) is 0 Å². The maximum atomic E-state index is 14.8. The van der Waals surface area contributed by atoms with E-state index < -0.39 is 17.1 Å². The molecule has 0 spiro atoms. The molecule has 2 aromatic heterocycles. The van der Waals surface area contributed by atoms with Crippen molar-refractivity contribution in [2.45, 2.75) is 98.4 Å². The van der Waals surface area contributed by atoms with Crippen LogP contribution in [-0.2, 0) is 19.6 Å². The van der Waals surface area contributed by atoms with Crippen LogP contribution in [0, 0.1) is 29.9 Å². The van der Waals surface area contributed by atoms with Gasteiger partial charge in [0, 0.05) is 29.9 Å². The van der Waals surface area contributed by atoms with E-state index in [0.29, 0.717) is 40.5 Å². The highest BCUT2D eigenvalue weighted by atomic mass is 35.5. The molecule has 52 heavy (non-hydrogen) atoms. The minimum Gasteiger partial charge on any atom is -0.473 e. The van der Waals surface area contributed by atoms with Crippen molar-refractivity contribution in [2.75, 3.05) is 0 Å². The number of amides is 2. The Kier molecular flexibility index (Phi) is 12.9. The number of halogens is 3. The number of nitrogens with one attached hydrogen (secondary N) is 2. The van der Waals surface area contributed by atoms with Gasteiger partial charge < -0.3 is 20.1 Å². The van der Waals surface area contributed by atoms with Crippen molar-refractivity contribution in [3.63, 3.8) is 0 Å². The van der Waals surface area contributed by atoms with E-state index in [-0.39, 0.29) is 53.6 Å². The molecule has 0 bridgehead atoms. The predicted octanol–water partition coefficient (Wildman–Crippen LogP) is 8.96. The highest BCUT2D eigenvalue weighted by Crippen LogP contribution is 2.29. The molecule has 276 valence electrons. The van der Waals surface area contributed by atoms with E-state index >= 15 is 0 Å². The summed E-state index contributed by atoms with van der Waals surface area (Å²) >= 11 is 6.36. The fourth-order valence-corrected chi connectivity index (χ4v) is 6.77. The molecule has 0 saturated heterocycles. The van der Waals surface area contributed by atoms with Crippen LogP contribution in [-0.4, -0.2) is 33.9 Å². The molecule has 5 rings (SSSR count). The quantitative estimate of drug-likeness (QED) is 0.126. The predicted molar refractivity (Wildman–Crippen MR) is 198 cm³/mol. The van der Waals surface area contributed by atoms with Gasteiger partial charge in [-0.3, -0.25) is 9.59 Å². The van der Waals surface area contributed by atoms with Crippen LogP contribution in [0.1, 0.15) is 103 Å². The summed E-state index contributed by atoms with van der Waals surface area (Å²) in [7, 11) is 0. The summed E-state index contributed by atoms with van der Waals surface area (Å²) in [4.78, 5) is 34.7. The van der Waals surface area contributed by atoms with Crippen LogP contribution in [0.3, 0.4) is 0 Å². The number of carbonyl (C=O) groups excluding carboxylic acids is 2. The van der Waals surface area contributed by atoms with E-state index in [1.54, 1.807) is 18.2 Å². The Labute approximate surface area is 309 Å². The van der Waals surface area contributed by atoms with Gasteiger partial charge in [0.1, 0.15) is 30.0 Å². The van der Waals surface area contributed by atoms with Crippen LogP contribution < -0.4 is 20.1 Å². The second-order valence-corrected chi connectivity index (χ2v) is 14.9. The van der Waals surface area contributed by atoms with E-state index in [4.69, 9.17) is 21.1 Å². The minimum absolute atomic E-state index is 0.0269. The lowest BCUT2D eigenvalue weighted by Gasteiger charge is -2.33. The minimum atomic E-state index is -0.488. The molecule has 1 aliphatic carbocycles. The summed E-state index contributed by atoms with van der Waals surface area (Å²) in [6.45, 7) is 9.94. The molecule has 2 amide bonds. The normalized spacial score (nSPS) is 14.7. The van der Waals surface area contributed by atoms with Crippen molar-refractivity contribution in [2.24, 2.45) is 11.3 Å². The molecule has 1 aliphatic rings. The Morgan fingerprint density at radius 1 is 0.885 bits per heavy atom. The Morgan fingerprint density at radius 2 is 1.60 bits per heavy atom. The van der Waals surface area contributed by atoms with Crippen molar-refractivity contribution >= 4 is 23.4 Å². The summed E-state index contributed by atoms with van der Waals surface area (Å²) in [6, 6.07) is 15.4. The van der Waals surface area contributed by atoms with Gasteiger partial charge in [-0.05, 0) is 104 Å². The molecule has 1 fully saturated rings. The molecule has 11 heteroatoms. The number of hydrogen-bond acceptors (Lipinski definition) is 6. The number of hydrogen-bond donors (Lipinski definition) is 2. The molecule has 0 unspecified atom stereocenters. The van der Waals surface area contributed by atoms with Crippen LogP contribution >= 0.6 is 11.6 Å². The lowest BCUT2D eigenvalue weighted by atomic mass is 9.79. The number of nitrogens with zero attached hydrogens (tertiary/aromatic N) is 2. The molecule has 2 heterocycles. The second kappa shape index (κ2) is 17.3. The van der Waals surface area contributed by atoms with Crippen molar-refractivity contribution < 1.29 is 27.8 Å². The molecule has 0 aliphatic heterocycles. The number of carbonyl (C=O) groups is 2. The Bertz CT molecular complexity index is 1880. The first-order valence-electron chi connectivity index (χ1n) is 17.8. The first-order chi connectivity index (χ1) is 24.8. The van der Waals surface area contributed by atoms with Gasteiger partial charge in [-0.2, -0.15) is 0 Å². The standard InChI is InChI=1S/C41H47ClF2N4O4/c1-25-16-32(38(49)46-26(2)31-11-7-6-8-12-31)22-45-40(25)52-24-30-17-29(19-34(44)20-30)21-41(4,5)27(3)47-39(50)35-14-15-36(48-37(35)42)51-23-28-10-9-13-33(43)18-28/h9-10,13-20,22,26-27,31H,6-8,11-12,21,23-24H2,1-5H3,(H,46,49)(H,47,50)/t26-,27-/m1/s1. The van der Waals surface area contributed by atoms with E-state index in [0.717, 1.165) is 18.4 Å². The third-order valence-electron chi connectivity index (χ3n) is 9.92. The number of pyridine rings is 2. The van der Waals surface area contributed by atoms with Crippen molar-refractivity contribution in [1.29, 1.82) is 0 Å². The molecule has 4 aromatic rings. The van der Waals surface area contributed by atoms with Gasteiger partial charge in [-0.25, -0.2) is 18.7 Å². The molecular formula is C41H47ClF2N4O4. The topological polar surface area (TPSA) is 102 Å². The number of aryl methyl sites for hydroxylation is 1. The first-order valence-corrected chi connectivity index (χ1v) is 18.2. The zero-order valence-electron chi connectivity index (χ0n) is 30.4. The summed E-state index contributed by atoms with van der Waals surface area (Å²) < 4.78 is 39.9. The molecular weight excluding hydrogens is 686 g/mol. The van der Waals surface area contributed by atoms with E-state index in [9.17, 15) is 18.4 Å². The summed E-state index contributed by atoms with van der Waals surface area (Å²) in [5, 5.41) is 6.11. The fourth-order valence-electron chi connectivity index (χ4n) is 6.53. The zero-order chi connectivity index (χ0) is 37.4. The van der Waals surface area contributed by atoms with Gasteiger partial charge in [0.25, 0.3) is 11.8 Å². The van der Waals surface area contributed by atoms with E-state index in [2.05, 4.69) is 27.5 Å². The molecule has 8 nitrogen and oxygen atoms in total. The highest BCUT2D eigenvalue weighted by molar-refractivity contribution is 6.32. The Morgan fingerprint density at radius 3 is 2.31 bits per heavy atom. The van der Waals surface area contributed by atoms with Gasteiger partial charge in [0.15, 0.2) is 0 Å². The van der Waals surface area contributed by atoms with Gasteiger partial charge in [-0.15, -0.1) is 0 Å². The number of rotatable bonds is 14. The zero-order valence-corrected chi connectivity index (χ0v) is 31.2. The second-order valence-electron chi connectivity index (χ2n) is 14.5. The lowest BCUT2D eigenvalue weighted by molar-refractivity contribution is 0.0899. The number of benzene rings is 2. The van der Waals surface area contributed by atoms with Crippen molar-refractivity contribution in [1.82, 2.24) is 20.6 Å². The largest absolute Gasteiger partial charge is 0.473 e. The summed E-state index contributed by atoms with van der Waals surface area (Å²) in [5.41, 5.74) is 2.88. The van der Waals surface area contributed by atoms with Crippen molar-refractivity contribution in [3.8, 4) is 11.8 Å². The maximum Gasteiger partial charge on any atom is 0.254 e. The third-order valence-corrected chi connectivity index (χ3v) is 10.2. The van der Waals surface area contributed by atoms with Crippen molar-refractivity contribution in [3.05, 3.63) is 117 Å². The van der Waals surface area contributed by atoms with Crippen LogP contribution in [0.4, 0.5) is 8.78 Å². The Balaban J connectivity index is 1.15. The third kappa shape index (κ3) is 10.5. The van der Waals surface area contributed by atoms with E-state index in [1.165, 1.54) is 61.9 Å². The molecule has 2 aromatic carbocycles. The maximum absolute atomic E-state index is 14.8. The SMILES string of the molecule is Cc1cc(C(=O)N[C@H](C)C2CCCCC2)cnc1OCc1cc(F)cc(CC(C)(C)[C@@H](C)NC(=O)c2ccc(OCc3cccc(F)c3)nc2Cl)c1. The molecule has 2 N–H and O–H groups in total. The van der Waals surface area contributed by atoms with Gasteiger partial charge in [0.05, 0.1) is 11.1 Å².